The molecule has 0 aliphatic heterocycles. The molecular weight excluding hydrogens is 250 g/mol. The van der Waals surface area contributed by atoms with Crippen LogP contribution in [0.15, 0.2) is 24.3 Å². The van der Waals surface area contributed by atoms with Crippen LogP contribution in [0, 0.1) is 0 Å². The predicted molar refractivity (Wildman–Crippen MR) is 68.4 cm³/mol. The Balaban J connectivity index is 2.36. The summed E-state index contributed by atoms with van der Waals surface area (Å²) in [5.41, 5.74) is 0.490. The third-order valence-corrected chi connectivity index (χ3v) is 2.16. The van der Waals surface area contributed by atoms with Gasteiger partial charge < -0.3 is 19.9 Å². The summed E-state index contributed by atoms with van der Waals surface area (Å²) in [5.74, 6) is -0.645. The van der Waals surface area contributed by atoms with Gasteiger partial charge in [0, 0.05) is 12.1 Å². The van der Waals surface area contributed by atoms with Crippen LogP contribution >= 0.6 is 0 Å². The lowest BCUT2D eigenvalue weighted by Crippen LogP contribution is -2.27. The van der Waals surface area contributed by atoms with Gasteiger partial charge in [-0.2, -0.15) is 0 Å². The van der Waals surface area contributed by atoms with Crippen molar-refractivity contribution in [2.24, 2.45) is 0 Å². The molecule has 0 aromatic heterocycles. The summed E-state index contributed by atoms with van der Waals surface area (Å²) in [6.07, 6.45) is 0. The van der Waals surface area contributed by atoms with Gasteiger partial charge in [-0.05, 0) is 25.1 Å². The fraction of sp³-hybridized carbons (Fsp3) is 0.385. The van der Waals surface area contributed by atoms with Gasteiger partial charge in [-0.3, -0.25) is 4.79 Å². The number of amides is 1. The molecule has 0 bridgehead atoms. The van der Waals surface area contributed by atoms with E-state index in [2.05, 4.69) is 5.32 Å². The second kappa shape index (κ2) is 8.10. The van der Waals surface area contributed by atoms with Crippen LogP contribution < -0.4 is 10.1 Å². The minimum Gasteiger partial charge on any atom is -0.494 e. The Kier molecular flexibility index (Phi) is 6.38. The minimum atomic E-state index is -1.03. The summed E-state index contributed by atoms with van der Waals surface area (Å²) in [4.78, 5) is 22.0. The summed E-state index contributed by atoms with van der Waals surface area (Å²) >= 11 is 0. The van der Waals surface area contributed by atoms with E-state index in [4.69, 9.17) is 14.6 Å². The zero-order chi connectivity index (χ0) is 14.1. The second-order valence-corrected chi connectivity index (χ2v) is 3.66. The molecule has 19 heavy (non-hydrogen) atoms. The molecule has 0 radical (unpaired) electrons. The largest absolute Gasteiger partial charge is 0.494 e. The lowest BCUT2D eigenvalue weighted by Gasteiger charge is -2.07. The van der Waals surface area contributed by atoms with E-state index in [1.165, 1.54) is 0 Å². The van der Waals surface area contributed by atoms with Crippen LogP contribution in [0.2, 0.25) is 0 Å². The highest BCUT2D eigenvalue weighted by Gasteiger charge is 2.06. The van der Waals surface area contributed by atoms with Crippen LogP contribution in [0.4, 0.5) is 0 Å². The molecule has 0 spiro atoms. The summed E-state index contributed by atoms with van der Waals surface area (Å²) in [5, 5.41) is 11.0. The van der Waals surface area contributed by atoms with Crippen LogP contribution in [0.25, 0.3) is 0 Å². The molecule has 6 heteroatoms. The topological polar surface area (TPSA) is 84.9 Å². The molecule has 2 N–H and O–H groups in total. The number of carbonyl (C=O) groups excluding carboxylic acids is 1. The molecule has 1 rings (SSSR count). The number of carbonyl (C=O) groups is 2. The van der Waals surface area contributed by atoms with Crippen molar-refractivity contribution in [2.45, 2.75) is 6.92 Å². The average molecular weight is 267 g/mol. The smallest absolute Gasteiger partial charge is 0.329 e. The maximum Gasteiger partial charge on any atom is 0.329 e. The first-order valence-corrected chi connectivity index (χ1v) is 5.94. The van der Waals surface area contributed by atoms with Gasteiger partial charge in [-0.25, -0.2) is 4.79 Å². The summed E-state index contributed by atoms with van der Waals surface area (Å²) in [6, 6.07) is 6.84. The van der Waals surface area contributed by atoms with Gasteiger partial charge >= 0.3 is 5.97 Å². The third kappa shape index (κ3) is 5.87. The van der Waals surface area contributed by atoms with Crippen molar-refractivity contribution in [1.82, 2.24) is 5.32 Å². The first kappa shape index (κ1) is 15.0. The van der Waals surface area contributed by atoms with Gasteiger partial charge in [0.25, 0.3) is 5.91 Å². The third-order valence-electron chi connectivity index (χ3n) is 2.16. The summed E-state index contributed by atoms with van der Waals surface area (Å²) in [7, 11) is 0. The van der Waals surface area contributed by atoms with Crippen molar-refractivity contribution in [3.8, 4) is 5.75 Å². The fourth-order valence-electron chi connectivity index (χ4n) is 1.39. The monoisotopic (exact) mass is 267 g/mol. The zero-order valence-electron chi connectivity index (χ0n) is 10.7. The Morgan fingerprint density at radius 1 is 1.37 bits per heavy atom. The standard InChI is InChI=1S/C13H17NO5/c1-2-19-11-5-3-4-10(8-11)13(17)14-6-7-18-9-12(15)16/h3-5,8H,2,6-7,9H2,1H3,(H,14,17)(H,15,16). The molecule has 0 fully saturated rings. The number of carboxylic acid groups (broad SMARTS) is 1. The quantitative estimate of drug-likeness (QED) is 0.684. The Morgan fingerprint density at radius 2 is 2.16 bits per heavy atom. The fourth-order valence-corrected chi connectivity index (χ4v) is 1.39. The molecule has 0 saturated carbocycles. The Labute approximate surface area is 111 Å². The Bertz CT molecular complexity index is 433. The van der Waals surface area contributed by atoms with Crippen LogP contribution in [-0.2, 0) is 9.53 Å². The van der Waals surface area contributed by atoms with Crippen molar-refractivity contribution < 1.29 is 24.2 Å². The van der Waals surface area contributed by atoms with Crippen LogP contribution in [0.5, 0.6) is 5.75 Å². The van der Waals surface area contributed by atoms with Crippen molar-refractivity contribution in [1.29, 1.82) is 0 Å². The lowest BCUT2D eigenvalue weighted by atomic mass is 10.2. The molecule has 6 nitrogen and oxygen atoms in total. The van der Waals surface area contributed by atoms with Crippen molar-refractivity contribution >= 4 is 11.9 Å². The number of rotatable bonds is 8. The molecule has 0 unspecified atom stereocenters. The normalized spacial score (nSPS) is 9.95. The Morgan fingerprint density at radius 3 is 2.84 bits per heavy atom. The lowest BCUT2D eigenvalue weighted by molar-refractivity contribution is -0.142. The molecule has 0 aliphatic rings. The maximum absolute atomic E-state index is 11.8. The number of ether oxygens (including phenoxy) is 2. The van der Waals surface area contributed by atoms with E-state index in [0.29, 0.717) is 17.9 Å². The van der Waals surface area contributed by atoms with E-state index >= 15 is 0 Å². The van der Waals surface area contributed by atoms with Crippen LogP contribution in [0.3, 0.4) is 0 Å². The number of aliphatic carboxylic acids is 1. The van der Waals surface area contributed by atoms with Gasteiger partial charge in [-0.1, -0.05) is 6.07 Å². The molecule has 1 aromatic carbocycles. The minimum absolute atomic E-state index is 0.156. The van der Waals surface area contributed by atoms with Gasteiger partial charge in [0.1, 0.15) is 12.4 Å². The summed E-state index contributed by atoms with van der Waals surface area (Å²) in [6.45, 7) is 2.45. The summed E-state index contributed by atoms with van der Waals surface area (Å²) < 4.78 is 10.1. The van der Waals surface area contributed by atoms with E-state index in [9.17, 15) is 9.59 Å². The van der Waals surface area contributed by atoms with Crippen LogP contribution in [-0.4, -0.2) is 43.3 Å². The number of benzene rings is 1. The van der Waals surface area contributed by atoms with E-state index in [1.54, 1.807) is 24.3 Å². The first-order valence-electron chi connectivity index (χ1n) is 5.94. The van der Waals surface area contributed by atoms with Crippen LogP contribution in [0.1, 0.15) is 17.3 Å². The Hall–Kier alpha value is -2.08. The predicted octanol–water partition coefficient (Wildman–Crippen LogP) is 0.916. The first-order chi connectivity index (χ1) is 9.13. The van der Waals surface area contributed by atoms with Gasteiger partial charge in [-0.15, -0.1) is 0 Å². The zero-order valence-corrected chi connectivity index (χ0v) is 10.7. The number of nitrogens with one attached hydrogen (secondary N) is 1. The molecule has 1 aromatic rings. The molecule has 0 saturated heterocycles. The number of hydrogen-bond donors (Lipinski definition) is 2. The second-order valence-electron chi connectivity index (χ2n) is 3.66. The van der Waals surface area contributed by atoms with Gasteiger partial charge in [0.05, 0.1) is 13.2 Å². The van der Waals surface area contributed by atoms with Crippen molar-refractivity contribution in [2.75, 3.05) is 26.4 Å². The number of hydrogen-bond acceptors (Lipinski definition) is 4. The molecule has 1 amide bonds. The highest BCUT2D eigenvalue weighted by Crippen LogP contribution is 2.12. The molecular formula is C13H17NO5. The van der Waals surface area contributed by atoms with Gasteiger partial charge in [0.2, 0.25) is 0 Å². The van der Waals surface area contributed by atoms with E-state index in [-0.39, 0.29) is 25.7 Å². The number of carboxylic acids is 1. The highest BCUT2D eigenvalue weighted by molar-refractivity contribution is 5.94. The highest BCUT2D eigenvalue weighted by atomic mass is 16.5. The van der Waals surface area contributed by atoms with Crippen molar-refractivity contribution in [3.05, 3.63) is 29.8 Å². The van der Waals surface area contributed by atoms with E-state index < -0.39 is 5.97 Å². The SMILES string of the molecule is CCOc1cccc(C(=O)NCCOCC(=O)O)c1. The van der Waals surface area contributed by atoms with E-state index in [0.717, 1.165) is 0 Å². The molecule has 0 atom stereocenters. The average Bonchev–Trinajstić information content (AvgIpc) is 2.38. The van der Waals surface area contributed by atoms with Gasteiger partial charge in [0.15, 0.2) is 0 Å². The molecule has 0 aliphatic carbocycles. The maximum atomic E-state index is 11.8. The molecule has 104 valence electrons. The van der Waals surface area contributed by atoms with E-state index in [1.807, 2.05) is 6.92 Å². The van der Waals surface area contributed by atoms with Crippen molar-refractivity contribution in [3.63, 3.8) is 0 Å². The molecule has 0 heterocycles.